The van der Waals surface area contributed by atoms with Gasteiger partial charge in [-0.3, -0.25) is 9.48 Å². The molecule has 0 aliphatic rings. The second-order valence-corrected chi connectivity index (χ2v) is 3.37. The number of rotatable bonds is 4. The summed E-state index contributed by atoms with van der Waals surface area (Å²) in [6, 6.07) is -0.226. The van der Waals surface area contributed by atoms with Crippen molar-refractivity contribution in [2.45, 2.75) is 13.0 Å². The van der Waals surface area contributed by atoms with Crippen LogP contribution in [-0.4, -0.2) is 33.4 Å². The molecule has 0 saturated carbocycles. The smallest absolute Gasteiger partial charge is 0.244 e. The zero-order valence-electron chi connectivity index (χ0n) is 8.84. The summed E-state index contributed by atoms with van der Waals surface area (Å²) in [7, 11) is 1.81. The van der Waals surface area contributed by atoms with E-state index in [1.807, 2.05) is 7.05 Å². The minimum Gasteiger partial charge on any atom is -0.394 e. The van der Waals surface area contributed by atoms with Crippen LogP contribution in [-0.2, 0) is 11.8 Å². The van der Waals surface area contributed by atoms with Gasteiger partial charge in [0.15, 0.2) is 0 Å². The first-order chi connectivity index (χ1) is 7.11. The molecule has 0 saturated heterocycles. The van der Waals surface area contributed by atoms with Crippen LogP contribution < -0.4 is 5.32 Å². The van der Waals surface area contributed by atoms with Gasteiger partial charge in [0.2, 0.25) is 5.91 Å². The number of nitrogens with zero attached hydrogens (tertiary/aromatic N) is 2. The Morgan fingerprint density at radius 1 is 1.80 bits per heavy atom. The highest BCUT2D eigenvalue weighted by atomic mass is 16.3. The number of aromatic nitrogens is 2. The van der Waals surface area contributed by atoms with Crippen molar-refractivity contribution in [3.8, 4) is 0 Å². The maximum absolute atomic E-state index is 11.3. The van der Waals surface area contributed by atoms with Crippen LogP contribution in [0.2, 0.25) is 0 Å². The quantitative estimate of drug-likeness (QED) is 0.682. The van der Waals surface area contributed by atoms with E-state index in [-0.39, 0.29) is 18.6 Å². The molecule has 0 bridgehead atoms. The van der Waals surface area contributed by atoms with Crippen molar-refractivity contribution in [3.63, 3.8) is 0 Å². The molecule has 5 heteroatoms. The van der Waals surface area contributed by atoms with E-state index in [4.69, 9.17) is 5.11 Å². The Bertz CT molecular complexity index is 357. The summed E-state index contributed by atoms with van der Waals surface area (Å²) >= 11 is 0. The molecule has 1 aromatic rings. The van der Waals surface area contributed by atoms with Gasteiger partial charge in [-0.2, -0.15) is 5.10 Å². The van der Waals surface area contributed by atoms with E-state index >= 15 is 0 Å². The van der Waals surface area contributed by atoms with Crippen molar-refractivity contribution in [2.24, 2.45) is 7.05 Å². The normalized spacial score (nSPS) is 13.0. The second-order valence-electron chi connectivity index (χ2n) is 3.37. The largest absolute Gasteiger partial charge is 0.394 e. The SMILES string of the molecule is C[C@@H](CO)NC(=O)C=Cc1cnn(C)c1. The Morgan fingerprint density at radius 3 is 3.07 bits per heavy atom. The van der Waals surface area contributed by atoms with Crippen LogP contribution in [0.15, 0.2) is 18.5 Å². The monoisotopic (exact) mass is 209 g/mol. The summed E-state index contributed by atoms with van der Waals surface area (Å²) < 4.78 is 1.66. The zero-order valence-corrected chi connectivity index (χ0v) is 8.84. The number of aryl methyl sites for hydroxylation is 1. The van der Waals surface area contributed by atoms with Crippen LogP contribution in [0.1, 0.15) is 12.5 Å². The molecule has 0 unspecified atom stereocenters. The number of carbonyl (C=O) groups is 1. The number of nitrogens with one attached hydrogen (secondary N) is 1. The lowest BCUT2D eigenvalue weighted by Gasteiger charge is -2.07. The summed E-state index contributed by atoms with van der Waals surface area (Å²) in [5.41, 5.74) is 0.865. The van der Waals surface area contributed by atoms with Crippen molar-refractivity contribution in [2.75, 3.05) is 6.61 Å². The van der Waals surface area contributed by atoms with Crippen LogP contribution in [0.4, 0.5) is 0 Å². The molecule has 0 fully saturated rings. The summed E-state index contributed by atoms with van der Waals surface area (Å²) in [6.45, 7) is 1.67. The fourth-order valence-electron chi connectivity index (χ4n) is 1.03. The van der Waals surface area contributed by atoms with Gasteiger partial charge in [0.05, 0.1) is 12.8 Å². The lowest BCUT2D eigenvalue weighted by atomic mass is 10.3. The minimum atomic E-state index is -0.226. The number of carbonyl (C=O) groups excluding carboxylic acids is 1. The van der Waals surface area contributed by atoms with Crippen LogP contribution in [0.5, 0.6) is 0 Å². The van der Waals surface area contributed by atoms with Gasteiger partial charge in [0.25, 0.3) is 0 Å². The van der Waals surface area contributed by atoms with Crippen molar-refractivity contribution < 1.29 is 9.90 Å². The van der Waals surface area contributed by atoms with Crippen LogP contribution in [0.25, 0.3) is 6.08 Å². The van der Waals surface area contributed by atoms with E-state index in [2.05, 4.69) is 10.4 Å². The molecule has 0 aliphatic carbocycles. The molecule has 15 heavy (non-hydrogen) atoms. The van der Waals surface area contributed by atoms with E-state index in [9.17, 15) is 4.79 Å². The van der Waals surface area contributed by atoms with E-state index in [0.717, 1.165) is 5.56 Å². The first kappa shape index (κ1) is 11.5. The van der Waals surface area contributed by atoms with Crippen LogP contribution >= 0.6 is 0 Å². The highest BCUT2D eigenvalue weighted by Crippen LogP contribution is 1.98. The molecule has 0 aliphatic heterocycles. The molecule has 1 amide bonds. The van der Waals surface area contributed by atoms with E-state index in [1.54, 1.807) is 30.1 Å². The Balaban J connectivity index is 2.47. The predicted molar refractivity (Wildman–Crippen MR) is 56.9 cm³/mol. The maximum Gasteiger partial charge on any atom is 0.244 e. The summed E-state index contributed by atoms with van der Waals surface area (Å²) in [4.78, 5) is 11.3. The molecule has 1 heterocycles. The van der Waals surface area contributed by atoms with Gasteiger partial charge in [0, 0.05) is 30.9 Å². The third kappa shape index (κ3) is 3.95. The highest BCUT2D eigenvalue weighted by Gasteiger charge is 2.01. The summed E-state index contributed by atoms with van der Waals surface area (Å²) in [5, 5.41) is 15.3. The molecule has 0 spiro atoms. The van der Waals surface area contributed by atoms with Crippen LogP contribution in [0, 0.1) is 0 Å². The van der Waals surface area contributed by atoms with E-state index < -0.39 is 0 Å². The summed E-state index contributed by atoms with van der Waals surface area (Å²) in [5.74, 6) is -0.222. The number of aliphatic hydroxyl groups is 1. The molecule has 0 radical (unpaired) electrons. The number of hydrogen-bond donors (Lipinski definition) is 2. The van der Waals surface area contributed by atoms with Gasteiger partial charge in [-0.1, -0.05) is 0 Å². The van der Waals surface area contributed by atoms with Crippen LogP contribution in [0.3, 0.4) is 0 Å². The van der Waals surface area contributed by atoms with Gasteiger partial charge in [0.1, 0.15) is 0 Å². The highest BCUT2D eigenvalue weighted by molar-refractivity contribution is 5.91. The molecular weight excluding hydrogens is 194 g/mol. The van der Waals surface area contributed by atoms with Crippen molar-refractivity contribution in [3.05, 3.63) is 24.0 Å². The standard InChI is InChI=1S/C10H15N3O2/c1-8(7-14)12-10(15)4-3-9-5-11-13(2)6-9/h3-6,8,14H,7H2,1-2H3,(H,12,15)/t8-/m0/s1. The third-order valence-corrected chi connectivity index (χ3v) is 1.81. The van der Waals surface area contributed by atoms with Crippen molar-refractivity contribution in [1.82, 2.24) is 15.1 Å². The first-order valence-corrected chi connectivity index (χ1v) is 4.70. The lowest BCUT2D eigenvalue weighted by molar-refractivity contribution is -0.117. The van der Waals surface area contributed by atoms with E-state index in [1.165, 1.54) is 6.08 Å². The number of hydrogen-bond acceptors (Lipinski definition) is 3. The van der Waals surface area contributed by atoms with Crippen molar-refractivity contribution in [1.29, 1.82) is 0 Å². The van der Waals surface area contributed by atoms with Gasteiger partial charge in [-0.25, -0.2) is 0 Å². The van der Waals surface area contributed by atoms with Gasteiger partial charge in [-0.15, -0.1) is 0 Å². The average Bonchev–Trinajstić information content (AvgIpc) is 2.61. The van der Waals surface area contributed by atoms with Gasteiger partial charge < -0.3 is 10.4 Å². The van der Waals surface area contributed by atoms with E-state index in [0.29, 0.717) is 0 Å². The number of amides is 1. The molecule has 2 N–H and O–H groups in total. The molecule has 5 nitrogen and oxygen atoms in total. The molecular formula is C10H15N3O2. The van der Waals surface area contributed by atoms with Gasteiger partial charge >= 0.3 is 0 Å². The Hall–Kier alpha value is -1.62. The zero-order chi connectivity index (χ0) is 11.3. The molecule has 0 aromatic carbocycles. The van der Waals surface area contributed by atoms with Crippen molar-refractivity contribution >= 4 is 12.0 Å². The third-order valence-electron chi connectivity index (χ3n) is 1.81. The molecule has 1 aromatic heterocycles. The predicted octanol–water partition coefficient (Wildman–Crippen LogP) is -0.0697. The second kappa shape index (κ2) is 5.31. The Morgan fingerprint density at radius 2 is 2.53 bits per heavy atom. The molecule has 1 atom stereocenters. The minimum absolute atomic E-state index is 0.0630. The first-order valence-electron chi connectivity index (χ1n) is 4.70. The van der Waals surface area contributed by atoms with Gasteiger partial charge in [-0.05, 0) is 13.0 Å². The summed E-state index contributed by atoms with van der Waals surface area (Å²) in [6.07, 6.45) is 6.56. The average molecular weight is 209 g/mol. The molecule has 1 rings (SSSR count). The maximum atomic E-state index is 11.3. The fraction of sp³-hybridized carbons (Fsp3) is 0.400. The lowest BCUT2D eigenvalue weighted by Crippen LogP contribution is -2.33. The molecule has 82 valence electrons. The topological polar surface area (TPSA) is 67.2 Å². The fourth-order valence-corrected chi connectivity index (χ4v) is 1.03. The Labute approximate surface area is 88.4 Å². The Kier molecular flexibility index (Phi) is 4.05. The number of aliphatic hydroxyl groups excluding tert-OH is 1.